The summed E-state index contributed by atoms with van der Waals surface area (Å²) in [5.74, 6) is -0.333. The highest BCUT2D eigenvalue weighted by Crippen LogP contribution is 2.71. The minimum absolute atomic E-state index is 0.493. The summed E-state index contributed by atoms with van der Waals surface area (Å²) in [4.78, 5) is 22.3. The molecule has 1 saturated carbocycles. The van der Waals surface area contributed by atoms with E-state index in [1.165, 1.54) is 13.4 Å². The van der Waals surface area contributed by atoms with Crippen molar-refractivity contribution in [2.24, 2.45) is 4.99 Å². The van der Waals surface area contributed by atoms with Gasteiger partial charge < -0.3 is 28.6 Å². The standard InChI is InChI=1S/C20H25N5O6/c1-18(2)30-14-13(29-19(3)16(20(14,19)31-18)28-17(26)27-6)11-7-8-12-15(22-10-24(4)5)21-9-23-25(11)12/h7-10,13-14,16H,1-6H3/t13-,14-,16?,19+,20+/m0/s1. The second-order valence-electron chi connectivity index (χ2n) is 8.78. The molecule has 3 fully saturated rings. The predicted octanol–water partition coefficient (Wildman–Crippen LogP) is 1.84. The molecule has 5 atom stereocenters. The van der Waals surface area contributed by atoms with Crippen LogP contribution in [0.25, 0.3) is 5.52 Å². The number of hydrogen-bond acceptors (Lipinski definition) is 9. The molecule has 11 heteroatoms. The van der Waals surface area contributed by atoms with Crippen LogP contribution in [0.2, 0.25) is 0 Å². The van der Waals surface area contributed by atoms with Crippen LogP contribution in [-0.2, 0) is 23.7 Å². The van der Waals surface area contributed by atoms with E-state index >= 15 is 0 Å². The molecule has 5 rings (SSSR count). The molecular weight excluding hydrogens is 406 g/mol. The van der Waals surface area contributed by atoms with E-state index < -0.39 is 41.5 Å². The lowest BCUT2D eigenvalue weighted by Gasteiger charge is -2.24. The Labute approximate surface area is 178 Å². The Morgan fingerprint density at radius 1 is 1.29 bits per heavy atom. The van der Waals surface area contributed by atoms with Crippen LogP contribution in [0.5, 0.6) is 0 Å². The number of aromatic nitrogens is 3. The highest BCUT2D eigenvalue weighted by molar-refractivity contribution is 5.71. The molecule has 2 aromatic heterocycles. The summed E-state index contributed by atoms with van der Waals surface area (Å²) in [7, 11) is 5.03. The first-order valence-electron chi connectivity index (χ1n) is 9.96. The molecule has 0 radical (unpaired) electrons. The van der Waals surface area contributed by atoms with Crippen molar-refractivity contribution in [1.29, 1.82) is 0 Å². The van der Waals surface area contributed by atoms with Crippen LogP contribution in [0.15, 0.2) is 23.5 Å². The summed E-state index contributed by atoms with van der Waals surface area (Å²) in [6, 6.07) is 3.80. The number of aliphatic imine (C=N–C) groups is 1. The second-order valence-corrected chi connectivity index (χ2v) is 8.78. The van der Waals surface area contributed by atoms with Crippen LogP contribution < -0.4 is 0 Å². The van der Waals surface area contributed by atoms with Crippen LogP contribution in [0, 0.1) is 0 Å². The molecule has 2 aliphatic heterocycles. The number of hydrogen-bond donors (Lipinski definition) is 0. The van der Waals surface area contributed by atoms with Gasteiger partial charge in [-0.1, -0.05) is 0 Å². The topological polar surface area (TPSA) is 109 Å². The fraction of sp³-hybridized carbons (Fsp3) is 0.600. The summed E-state index contributed by atoms with van der Waals surface area (Å²) in [6.45, 7) is 5.52. The average molecular weight is 431 g/mol. The van der Waals surface area contributed by atoms with E-state index in [2.05, 4.69) is 19.8 Å². The first kappa shape index (κ1) is 20.2. The van der Waals surface area contributed by atoms with E-state index in [1.54, 1.807) is 10.9 Å². The van der Waals surface area contributed by atoms with E-state index in [0.29, 0.717) is 5.82 Å². The SMILES string of the molecule is COC(=O)OC1[C@@]2(C)O[C@@H](c3ccc4c(N=CN(C)C)ncnn34)[C@@H]3OC(C)(C)O[C@@]132. The monoisotopic (exact) mass is 431 g/mol. The predicted molar refractivity (Wildman–Crippen MR) is 107 cm³/mol. The second kappa shape index (κ2) is 6.38. The molecule has 2 aromatic rings. The van der Waals surface area contributed by atoms with Crippen molar-refractivity contribution in [3.63, 3.8) is 0 Å². The Bertz CT molecular complexity index is 1080. The van der Waals surface area contributed by atoms with Gasteiger partial charge in [0, 0.05) is 14.1 Å². The van der Waals surface area contributed by atoms with Gasteiger partial charge in [0.25, 0.3) is 0 Å². The lowest BCUT2D eigenvalue weighted by Crippen LogP contribution is -2.34. The van der Waals surface area contributed by atoms with Crippen molar-refractivity contribution in [1.82, 2.24) is 19.5 Å². The van der Waals surface area contributed by atoms with Gasteiger partial charge in [-0.05, 0) is 32.9 Å². The van der Waals surface area contributed by atoms with Crippen LogP contribution in [-0.4, -0.2) is 82.4 Å². The van der Waals surface area contributed by atoms with E-state index in [1.807, 2.05) is 51.9 Å². The van der Waals surface area contributed by atoms with Gasteiger partial charge in [-0.2, -0.15) is 5.10 Å². The zero-order valence-corrected chi connectivity index (χ0v) is 18.2. The molecule has 2 saturated heterocycles. The third-order valence-corrected chi connectivity index (χ3v) is 6.02. The van der Waals surface area contributed by atoms with Crippen molar-refractivity contribution < 1.29 is 28.5 Å². The summed E-state index contributed by atoms with van der Waals surface area (Å²) in [5, 5.41) is 4.40. The smallest absolute Gasteiger partial charge is 0.438 e. The number of nitrogens with zero attached hydrogens (tertiary/aromatic N) is 5. The Kier molecular flexibility index (Phi) is 4.15. The van der Waals surface area contributed by atoms with E-state index in [9.17, 15) is 4.79 Å². The Balaban J connectivity index is 1.53. The normalized spacial score (nSPS) is 35.2. The van der Waals surface area contributed by atoms with Gasteiger partial charge in [0.05, 0.1) is 19.1 Å². The van der Waals surface area contributed by atoms with Crippen LogP contribution in [0.4, 0.5) is 10.6 Å². The maximum absolute atomic E-state index is 11.8. The maximum atomic E-state index is 11.8. The molecule has 166 valence electrons. The molecule has 3 aliphatic rings. The molecule has 1 spiro atoms. The summed E-state index contributed by atoms with van der Waals surface area (Å²) in [6.07, 6.45) is 0.696. The number of ether oxygens (including phenoxy) is 5. The van der Waals surface area contributed by atoms with Crippen LogP contribution in [0.3, 0.4) is 0 Å². The zero-order chi connectivity index (χ0) is 22.2. The first-order valence-corrected chi connectivity index (χ1v) is 9.96. The van der Waals surface area contributed by atoms with Crippen LogP contribution >= 0.6 is 0 Å². The zero-order valence-electron chi connectivity index (χ0n) is 18.2. The first-order chi connectivity index (χ1) is 14.6. The molecule has 0 aromatic carbocycles. The fourth-order valence-electron chi connectivity index (χ4n) is 4.77. The van der Waals surface area contributed by atoms with E-state index in [-0.39, 0.29) is 0 Å². The lowest BCUT2D eigenvalue weighted by molar-refractivity contribution is -0.186. The molecule has 1 unspecified atom stereocenters. The Morgan fingerprint density at radius 2 is 2.06 bits per heavy atom. The van der Waals surface area contributed by atoms with Gasteiger partial charge in [0.2, 0.25) is 0 Å². The summed E-state index contributed by atoms with van der Waals surface area (Å²) >= 11 is 0. The van der Waals surface area contributed by atoms with Crippen molar-refractivity contribution in [2.45, 2.75) is 56.1 Å². The number of fused-ring (bicyclic) bond motifs is 1. The molecular formula is C20H25N5O6. The molecule has 4 heterocycles. The third-order valence-electron chi connectivity index (χ3n) is 6.02. The molecule has 11 nitrogen and oxygen atoms in total. The minimum Gasteiger partial charge on any atom is -0.438 e. The average Bonchev–Trinajstić information content (AvgIpc) is 3.11. The number of methoxy groups -OCH3 is 1. The molecule has 31 heavy (non-hydrogen) atoms. The maximum Gasteiger partial charge on any atom is 0.508 e. The van der Waals surface area contributed by atoms with Crippen molar-refractivity contribution >= 4 is 23.8 Å². The number of rotatable bonds is 4. The highest BCUT2D eigenvalue weighted by atomic mass is 16.8. The van der Waals surface area contributed by atoms with E-state index in [4.69, 9.17) is 18.9 Å². The molecule has 0 N–H and O–H groups in total. The van der Waals surface area contributed by atoms with Gasteiger partial charge in [0.1, 0.15) is 29.7 Å². The van der Waals surface area contributed by atoms with Crippen molar-refractivity contribution in [3.8, 4) is 0 Å². The molecule has 1 aliphatic carbocycles. The number of carbonyl (C=O) groups excluding carboxylic acids is 1. The van der Waals surface area contributed by atoms with Gasteiger partial charge >= 0.3 is 6.16 Å². The van der Waals surface area contributed by atoms with Crippen molar-refractivity contribution in [3.05, 3.63) is 24.2 Å². The Morgan fingerprint density at radius 3 is 2.77 bits per heavy atom. The summed E-state index contributed by atoms with van der Waals surface area (Å²) in [5.41, 5.74) is -0.305. The Hall–Kier alpha value is -2.76. The summed E-state index contributed by atoms with van der Waals surface area (Å²) < 4.78 is 30.8. The van der Waals surface area contributed by atoms with Crippen LogP contribution in [0.1, 0.15) is 32.6 Å². The van der Waals surface area contributed by atoms with Crippen molar-refractivity contribution in [2.75, 3.05) is 21.2 Å². The third kappa shape index (κ3) is 2.70. The quantitative estimate of drug-likeness (QED) is 0.407. The molecule has 0 amide bonds. The largest absolute Gasteiger partial charge is 0.508 e. The van der Waals surface area contributed by atoms with Gasteiger partial charge in [-0.15, -0.1) is 0 Å². The fourth-order valence-corrected chi connectivity index (χ4v) is 4.77. The number of carbonyl (C=O) groups is 1. The lowest BCUT2D eigenvalue weighted by atomic mass is 10.0. The van der Waals surface area contributed by atoms with E-state index in [0.717, 1.165) is 11.2 Å². The minimum atomic E-state index is -0.932. The van der Waals surface area contributed by atoms with Gasteiger partial charge in [-0.25, -0.2) is 19.3 Å². The molecule has 0 bridgehead atoms. The van der Waals surface area contributed by atoms with Gasteiger partial charge in [-0.3, -0.25) is 0 Å². The highest BCUT2D eigenvalue weighted by Gasteiger charge is 2.92. The van der Waals surface area contributed by atoms with Gasteiger partial charge in [0.15, 0.2) is 23.3 Å².